The molecule has 3 rings (SSSR count). The number of rotatable bonds is 4. The van der Waals surface area contributed by atoms with Gasteiger partial charge in [0.25, 0.3) is 0 Å². The van der Waals surface area contributed by atoms with Crippen molar-refractivity contribution in [1.29, 1.82) is 0 Å². The summed E-state index contributed by atoms with van der Waals surface area (Å²) in [5, 5.41) is 3.40. The normalized spacial score (nSPS) is 16.4. The van der Waals surface area contributed by atoms with Gasteiger partial charge in [0.1, 0.15) is 17.6 Å². The maximum Gasteiger partial charge on any atom is 0.133 e. The Morgan fingerprint density at radius 2 is 2.15 bits per heavy atom. The molecule has 2 aromatic carbocycles. The number of benzene rings is 2. The van der Waals surface area contributed by atoms with Crippen LogP contribution in [0.3, 0.4) is 0 Å². The molecule has 20 heavy (non-hydrogen) atoms. The van der Waals surface area contributed by atoms with Gasteiger partial charge in [-0.1, -0.05) is 18.2 Å². The summed E-state index contributed by atoms with van der Waals surface area (Å²) in [6.45, 7) is 0.785. The SMILES string of the molecule is COc1ccc(NCC2Cc3ccccc3O2)cc1Br. The summed E-state index contributed by atoms with van der Waals surface area (Å²) >= 11 is 3.49. The number of hydrogen-bond donors (Lipinski definition) is 1. The molecular formula is C16H16BrNO2. The summed E-state index contributed by atoms with van der Waals surface area (Å²) in [6, 6.07) is 14.2. The molecule has 0 radical (unpaired) electrons. The van der Waals surface area contributed by atoms with Crippen molar-refractivity contribution in [2.75, 3.05) is 19.0 Å². The number of para-hydroxylation sites is 1. The molecule has 0 saturated carbocycles. The maximum atomic E-state index is 5.90. The third-order valence-corrected chi connectivity index (χ3v) is 4.02. The van der Waals surface area contributed by atoms with Gasteiger partial charge in [0.15, 0.2) is 0 Å². The van der Waals surface area contributed by atoms with Crippen LogP contribution >= 0.6 is 15.9 Å². The highest BCUT2D eigenvalue weighted by Gasteiger charge is 2.21. The molecule has 3 nitrogen and oxygen atoms in total. The van der Waals surface area contributed by atoms with Crippen LogP contribution < -0.4 is 14.8 Å². The second-order valence-electron chi connectivity index (χ2n) is 4.78. The smallest absolute Gasteiger partial charge is 0.133 e. The fourth-order valence-electron chi connectivity index (χ4n) is 2.38. The van der Waals surface area contributed by atoms with Crippen LogP contribution in [0.4, 0.5) is 5.69 Å². The summed E-state index contributed by atoms with van der Waals surface area (Å²) in [5.74, 6) is 1.84. The summed E-state index contributed by atoms with van der Waals surface area (Å²) in [5.41, 5.74) is 2.34. The van der Waals surface area contributed by atoms with Gasteiger partial charge in [-0.3, -0.25) is 0 Å². The van der Waals surface area contributed by atoms with Gasteiger partial charge < -0.3 is 14.8 Å². The van der Waals surface area contributed by atoms with Crippen LogP contribution in [0.2, 0.25) is 0 Å². The molecule has 0 aliphatic carbocycles. The monoisotopic (exact) mass is 333 g/mol. The number of hydrogen-bond acceptors (Lipinski definition) is 3. The van der Waals surface area contributed by atoms with Crippen molar-refractivity contribution < 1.29 is 9.47 Å². The van der Waals surface area contributed by atoms with Crippen molar-refractivity contribution in [2.45, 2.75) is 12.5 Å². The van der Waals surface area contributed by atoms with E-state index in [-0.39, 0.29) is 6.10 Å². The largest absolute Gasteiger partial charge is 0.496 e. The fourth-order valence-corrected chi connectivity index (χ4v) is 2.92. The van der Waals surface area contributed by atoms with Crippen molar-refractivity contribution in [3.8, 4) is 11.5 Å². The van der Waals surface area contributed by atoms with Gasteiger partial charge in [-0.2, -0.15) is 0 Å². The predicted octanol–water partition coefficient (Wildman–Crippen LogP) is 3.87. The van der Waals surface area contributed by atoms with Crippen LogP contribution in [0, 0.1) is 0 Å². The number of nitrogens with one attached hydrogen (secondary N) is 1. The highest BCUT2D eigenvalue weighted by atomic mass is 79.9. The minimum absolute atomic E-state index is 0.188. The Hall–Kier alpha value is -1.68. The van der Waals surface area contributed by atoms with Crippen LogP contribution in [-0.2, 0) is 6.42 Å². The van der Waals surface area contributed by atoms with Crippen molar-refractivity contribution in [1.82, 2.24) is 0 Å². The van der Waals surface area contributed by atoms with E-state index in [1.165, 1.54) is 5.56 Å². The van der Waals surface area contributed by atoms with Gasteiger partial charge in [0, 0.05) is 12.1 Å². The first-order chi connectivity index (χ1) is 9.76. The Balaban J connectivity index is 1.60. The van der Waals surface area contributed by atoms with E-state index in [4.69, 9.17) is 9.47 Å². The minimum Gasteiger partial charge on any atom is -0.496 e. The Morgan fingerprint density at radius 3 is 2.90 bits per heavy atom. The number of halogens is 1. The average molecular weight is 334 g/mol. The van der Waals surface area contributed by atoms with Crippen LogP contribution in [0.5, 0.6) is 11.5 Å². The van der Waals surface area contributed by atoms with E-state index in [1.807, 2.05) is 30.3 Å². The Labute approximate surface area is 127 Å². The quantitative estimate of drug-likeness (QED) is 0.921. The van der Waals surface area contributed by atoms with E-state index < -0.39 is 0 Å². The number of anilines is 1. The lowest BCUT2D eigenvalue weighted by atomic mass is 10.1. The highest BCUT2D eigenvalue weighted by Crippen LogP contribution is 2.30. The van der Waals surface area contributed by atoms with Crippen molar-refractivity contribution in [3.63, 3.8) is 0 Å². The summed E-state index contributed by atoms with van der Waals surface area (Å²) < 4.78 is 12.1. The highest BCUT2D eigenvalue weighted by molar-refractivity contribution is 9.10. The van der Waals surface area contributed by atoms with E-state index in [1.54, 1.807) is 7.11 Å². The Bertz CT molecular complexity index is 590. The first-order valence-corrected chi connectivity index (χ1v) is 7.37. The second kappa shape index (κ2) is 5.75. The van der Waals surface area contributed by atoms with Gasteiger partial charge in [0.2, 0.25) is 0 Å². The predicted molar refractivity (Wildman–Crippen MR) is 83.7 cm³/mol. The standard InChI is InChI=1S/C16H16BrNO2/c1-19-16-7-6-12(9-14(16)17)18-10-13-8-11-4-2-3-5-15(11)20-13/h2-7,9,13,18H,8,10H2,1H3. The molecule has 1 aliphatic rings. The molecule has 0 aromatic heterocycles. The molecule has 2 aromatic rings. The van der Waals surface area contributed by atoms with Gasteiger partial charge in [-0.15, -0.1) is 0 Å². The molecule has 104 valence electrons. The summed E-state index contributed by atoms with van der Waals surface area (Å²) in [6.07, 6.45) is 1.15. The van der Waals surface area contributed by atoms with Gasteiger partial charge in [-0.25, -0.2) is 0 Å². The van der Waals surface area contributed by atoms with E-state index in [9.17, 15) is 0 Å². The topological polar surface area (TPSA) is 30.5 Å². The Morgan fingerprint density at radius 1 is 1.30 bits per heavy atom. The lowest BCUT2D eigenvalue weighted by Crippen LogP contribution is -2.23. The number of ether oxygens (including phenoxy) is 2. The van der Waals surface area contributed by atoms with E-state index >= 15 is 0 Å². The van der Waals surface area contributed by atoms with E-state index in [0.717, 1.165) is 34.6 Å². The van der Waals surface area contributed by atoms with Gasteiger partial charge >= 0.3 is 0 Å². The number of fused-ring (bicyclic) bond motifs is 1. The molecule has 1 N–H and O–H groups in total. The molecule has 1 aliphatic heterocycles. The molecule has 1 unspecified atom stereocenters. The van der Waals surface area contributed by atoms with Crippen molar-refractivity contribution >= 4 is 21.6 Å². The second-order valence-corrected chi connectivity index (χ2v) is 5.64. The average Bonchev–Trinajstić information content (AvgIpc) is 2.88. The Kier molecular flexibility index (Phi) is 3.83. The third kappa shape index (κ3) is 2.75. The van der Waals surface area contributed by atoms with E-state index in [2.05, 4.69) is 33.4 Å². The molecule has 1 atom stereocenters. The molecule has 1 heterocycles. The first kappa shape index (κ1) is 13.3. The lowest BCUT2D eigenvalue weighted by molar-refractivity contribution is 0.246. The zero-order chi connectivity index (χ0) is 13.9. The first-order valence-electron chi connectivity index (χ1n) is 6.58. The third-order valence-electron chi connectivity index (χ3n) is 3.40. The van der Waals surface area contributed by atoms with Crippen molar-refractivity contribution in [3.05, 3.63) is 52.5 Å². The van der Waals surface area contributed by atoms with Crippen LogP contribution in [-0.4, -0.2) is 19.8 Å². The van der Waals surface area contributed by atoms with Gasteiger partial charge in [-0.05, 0) is 45.8 Å². The van der Waals surface area contributed by atoms with E-state index in [0.29, 0.717) is 0 Å². The number of methoxy groups -OCH3 is 1. The molecule has 4 heteroatoms. The van der Waals surface area contributed by atoms with Gasteiger partial charge in [0.05, 0.1) is 18.1 Å². The summed E-state index contributed by atoms with van der Waals surface area (Å²) in [7, 11) is 1.66. The molecule has 0 saturated heterocycles. The zero-order valence-electron chi connectivity index (χ0n) is 11.2. The summed E-state index contributed by atoms with van der Waals surface area (Å²) in [4.78, 5) is 0. The molecule has 0 amide bonds. The molecule has 0 spiro atoms. The molecular weight excluding hydrogens is 318 g/mol. The molecule has 0 fully saturated rings. The van der Waals surface area contributed by atoms with Crippen LogP contribution in [0.1, 0.15) is 5.56 Å². The fraction of sp³-hybridized carbons (Fsp3) is 0.250. The van der Waals surface area contributed by atoms with Crippen LogP contribution in [0.15, 0.2) is 46.9 Å². The van der Waals surface area contributed by atoms with Crippen LogP contribution in [0.25, 0.3) is 0 Å². The zero-order valence-corrected chi connectivity index (χ0v) is 12.8. The lowest BCUT2D eigenvalue weighted by Gasteiger charge is -2.13. The maximum absolute atomic E-state index is 5.90. The van der Waals surface area contributed by atoms with Crippen molar-refractivity contribution in [2.24, 2.45) is 0 Å². The molecule has 0 bridgehead atoms. The minimum atomic E-state index is 0.188.